The van der Waals surface area contributed by atoms with Crippen molar-refractivity contribution < 1.29 is 13.6 Å². The quantitative estimate of drug-likeness (QED) is 0.250. The van der Waals surface area contributed by atoms with Gasteiger partial charge in [-0.3, -0.25) is 9.79 Å². The van der Waals surface area contributed by atoms with Crippen LogP contribution < -0.4 is 16.0 Å². The average molecular weight is 446 g/mol. The SMILES string of the molecule is CCNC(=NCCc1ccco1)NCCNC(=O)c1ccco1.I. The molecule has 24 heavy (non-hydrogen) atoms. The lowest BCUT2D eigenvalue weighted by molar-refractivity contribution is 0.0926. The maximum absolute atomic E-state index is 11.7. The van der Waals surface area contributed by atoms with Crippen LogP contribution in [-0.4, -0.2) is 38.0 Å². The molecule has 0 fully saturated rings. The summed E-state index contributed by atoms with van der Waals surface area (Å²) < 4.78 is 10.3. The van der Waals surface area contributed by atoms with Gasteiger partial charge in [0.15, 0.2) is 11.7 Å². The number of guanidine groups is 1. The Balaban J connectivity index is 0.00000288. The largest absolute Gasteiger partial charge is 0.469 e. The Morgan fingerprint density at radius 3 is 2.50 bits per heavy atom. The number of nitrogens with zero attached hydrogens (tertiary/aromatic N) is 1. The molecule has 0 saturated carbocycles. The van der Waals surface area contributed by atoms with Gasteiger partial charge in [0.1, 0.15) is 5.76 Å². The molecule has 0 spiro atoms. The van der Waals surface area contributed by atoms with Crippen LogP contribution in [0.15, 0.2) is 50.6 Å². The van der Waals surface area contributed by atoms with Crippen LogP contribution in [0.4, 0.5) is 0 Å². The first-order valence-corrected chi connectivity index (χ1v) is 7.66. The van der Waals surface area contributed by atoms with Gasteiger partial charge in [0.25, 0.3) is 5.91 Å². The van der Waals surface area contributed by atoms with Gasteiger partial charge in [0, 0.05) is 32.6 Å². The van der Waals surface area contributed by atoms with Crippen LogP contribution >= 0.6 is 24.0 Å². The van der Waals surface area contributed by atoms with Crippen LogP contribution in [-0.2, 0) is 6.42 Å². The molecular weight excluding hydrogens is 423 g/mol. The molecule has 0 saturated heterocycles. The molecule has 7 nitrogen and oxygen atoms in total. The number of carbonyl (C=O) groups is 1. The molecule has 132 valence electrons. The predicted octanol–water partition coefficient (Wildman–Crippen LogP) is 2.02. The monoisotopic (exact) mass is 446 g/mol. The summed E-state index contributed by atoms with van der Waals surface area (Å²) in [7, 11) is 0. The van der Waals surface area contributed by atoms with Crippen LogP contribution in [0.3, 0.4) is 0 Å². The van der Waals surface area contributed by atoms with E-state index in [0.29, 0.717) is 31.4 Å². The smallest absolute Gasteiger partial charge is 0.287 e. The lowest BCUT2D eigenvalue weighted by Gasteiger charge is -2.11. The molecule has 2 aromatic rings. The highest BCUT2D eigenvalue weighted by Crippen LogP contribution is 2.00. The van der Waals surface area contributed by atoms with Crippen molar-refractivity contribution >= 4 is 35.8 Å². The molecule has 0 aromatic carbocycles. The van der Waals surface area contributed by atoms with Gasteiger partial charge in [-0.15, -0.1) is 24.0 Å². The molecule has 2 aromatic heterocycles. The third kappa shape index (κ3) is 7.07. The highest BCUT2D eigenvalue weighted by Gasteiger charge is 2.06. The van der Waals surface area contributed by atoms with Crippen molar-refractivity contribution in [3.05, 3.63) is 48.3 Å². The number of hydrogen-bond acceptors (Lipinski definition) is 4. The van der Waals surface area contributed by atoms with Crippen LogP contribution in [0.25, 0.3) is 0 Å². The average Bonchev–Trinajstić information content (AvgIpc) is 3.24. The first kappa shape index (κ1) is 20.1. The molecular formula is C16H23IN4O3. The topological polar surface area (TPSA) is 91.8 Å². The van der Waals surface area contributed by atoms with Gasteiger partial charge in [-0.2, -0.15) is 0 Å². The molecule has 2 rings (SSSR count). The lowest BCUT2D eigenvalue weighted by Crippen LogP contribution is -2.41. The van der Waals surface area contributed by atoms with Gasteiger partial charge in [-0.25, -0.2) is 0 Å². The minimum Gasteiger partial charge on any atom is -0.469 e. The number of furan rings is 2. The van der Waals surface area contributed by atoms with Crippen LogP contribution in [0, 0.1) is 0 Å². The molecule has 3 N–H and O–H groups in total. The zero-order chi connectivity index (χ0) is 16.3. The Morgan fingerprint density at radius 2 is 1.83 bits per heavy atom. The molecule has 1 amide bonds. The van der Waals surface area contributed by atoms with Crippen LogP contribution in [0.1, 0.15) is 23.2 Å². The summed E-state index contributed by atoms with van der Waals surface area (Å²) >= 11 is 0. The van der Waals surface area contributed by atoms with Gasteiger partial charge in [0.2, 0.25) is 0 Å². The van der Waals surface area contributed by atoms with Gasteiger partial charge < -0.3 is 24.8 Å². The summed E-state index contributed by atoms with van der Waals surface area (Å²) in [5.74, 6) is 1.71. The van der Waals surface area contributed by atoms with Crippen molar-refractivity contribution in [2.24, 2.45) is 4.99 Å². The fraction of sp³-hybridized carbons (Fsp3) is 0.375. The summed E-state index contributed by atoms with van der Waals surface area (Å²) in [5.41, 5.74) is 0. The fourth-order valence-corrected chi connectivity index (χ4v) is 1.93. The van der Waals surface area contributed by atoms with E-state index in [1.165, 1.54) is 6.26 Å². The molecule has 0 aliphatic heterocycles. The van der Waals surface area contributed by atoms with E-state index < -0.39 is 0 Å². The third-order valence-corrected chi connectivity index (χ3v) is 3.00. The standard InChI is InChI=1S/C16H22N4O3.HI/c1-2-17-16(19-8-7-13-5-3-11-22-13)20-10-9-18-15(21)14-6-4-12-23-14;/h3-6,11-12H,2,7-10H2,1H3,(H,18,21)(H2,17,19,20);1H. The molecule has 2 heterocycles. The molecule has 0 atom stereocenters. The third-order valence-electron chi connectivity index (χ3n) is 3.00. The highest BCUT2D eigenvalue weighted by molar-refractivity contribution is 14.0. The van der Waals surface area contributed by atoms with Crippen LogP contribution in [0.5, 0.6) is 0 Å². The molecule has 8 heteroatoms. The lowest BCUT2D eigenvalue weighted by atomic mass is 10.3. The summed E-state index contributed by atoms with van der Waals surface area (Å²) in [6.07, 6.45) is 3.88. The summed E-state index contributed by atoms with van der Waals surface area (Å²) in [6, 6.07) is 7.11. The normalized spacial score (nSPS) is 10.8. The first-order chi connectivity index (χ1) is 11.3. The molecule has 0 unspecified atom stereocenters. The number of carbonyl (C=O) groups excluding carboxylic acids is 1. The Kier molecular flexibility index (Phi) is 9.66. The number of hydrogen-bond donors (Lipinski definition) is 3. The number of amides is 1. The van der Waals surface area contributed by atoms with Crippen molar-refractivity contribution in [3.8, 4) is 0 Å². The fourth-order valence-electron chi connectivity index (χ4n) is 1.93. The minimum absolute atomic E-state index is 0. The van der Waals surface area contributed by atoms with Gasteiger partial charge in [-0.1, -0.05) is 0 Å². The van der Waals surface area contributed by atoms with Crippen molar-refractivity contribution in [1.29, 1.82) is 0 Å². The van der Waals surface area contributed by atoms with E-state index in [1.54, 1.807) is 18.4 Å². The summed E-state index contributed by atoms with van der Waals surface area (Å²) in [5, 5.41) is 9.09. The number of rotatable bonds is 8. The Morgan fingerprint density at radius 1 is 1.08 bits per heavy atom. The van der Waals surface area contributed by atoms with E-state index in [9.17, 15) is 4.79 Å². The van der Waals surface area contributed by atoms with E-state index in [-0.39, 0.29) is 29.9 Å². The van der Waals surface area contributed by atoms with E-state index in [1.807, 2.05) is 19.1 Å². The molecule has 0 aliphatic rings. The van der Waals surface area contributed by atoms with Gasteiger partial charge >= 0.3 is 0 Å². The zero-order valence-corrected chi connectivity index (χ0v) is 15.9. The van der Waals surface area contributed by atoms with Crippen molar-refractivity contribution in [3.63, 3.8) is 0 Å². The van der Waals surface area contributed by atoms with Gasteiger partial charge in [-0.05, 0) is 31.2 Å². The van der Waals surface area contributed by atoms with E-state index in [0.717, 1.165) is 18.7 Å². The molecule has 0 bridgehead atoms. The second-order valence-electron chi connectivity index (χ2n) is 4.75. The second-order valence-corrected chi connectivity index (χ2v) is 4.75. The van der Waals surface area contributed by atoms with E-state index >= 15 is 0 Å². The second kappa shape index (κ2) is 11.5. The van der Waals surface area contributed by atoms with Crippen molar-refractivity contribution in [1.82, 2.24) is 16.0 Å². The van der Waals surface area contributed by atoms with E-state index in [4.69, 9.17) is 8.83 Å². The number of halogens is 1. The van der Waals surface area contributed by atoms with Gasteiger partial charge in [0.05, 0.1) is 12.5 Å². The highest BCUT2D eigenvalue weighted by atomic mass is 127. The summed E-state index contributed by atoms with van der Waals surface area (Å²) in [4.78, 5) is 16.1. The van der Waals surface area contributed by atoms with Crippen molar-refractivity contribution in [2.75, 3.05) is 26.2 Å². The zero-order valence-electron chi connectivity index (χ0n) is 13.6. The number of aliphatic imine (C=N–C) groups is 1. The van der Waals surface area contributed by atoms with Crippen LogP contribution in [0.2, 0.25) is 0 Å². The first-order valence-electron chi connectivity index (χ1n) is 7.66. The Hall–Kier alpha value is -1.97. The summed E-state index contributed by atoms with van der Waals surface area (Å²) in [6.45, 7) is 4.44. The maximum Gasteiger partial charge on any atom is 0.287 e. The maximum atomic E-state index is 11.7. The van der Waals surface area contributed by atoms with E-state index in [2.05, 4.69) is 20.9 Å². The van der Waals surface area contributed by atoms with Crippen molar-refractivity contribution in [2.45, 2.75) is 13.3 Å². The molecule has 0 aliphatic carbocycles. The Labute approximate surface area is 158 Å². The number of nitrogens with one attached hydrogen (secondary N) is 3. The predicted molar refractivity (Wildman–Crippen MR) is 103 cm³/mol. The minimum atomic E-state index is -0.225. The molecule has 0 radical (unpaired) electrons. The Bertz CT molecular complexity index is 597.